The van der Waals surface area contributed by atoms with Gasteiger partial charge in [0.15, 0.2) is 0 Å². The number of rotatable bonds is 0. The summed E-state index contributed by atoms with van der Waals surface area (Å²) < 4.78 is 15.3. The van der Waals surface area contributed by atoms with Gasteiger partial charge >= 0.3 is 0 Å². The maximum Gasteiger partial charge on any atom is 0.260 e. The number of benzene rings is 4. The smallest absolute Gasteiger partial charge is 0.260 e. The minimum atomic E-state index is 0.128. The average molecular weight is 376 g/mol. The monoisotopic (exact) mass is 376 g/mol. The van der Waals surface area contributed by atoms with E-state index in [2.05, 4.69) is 60.7 Å². The van der Waals surface area contributed by atoms with Gasteiger partial charge in [-0.05, 0) is 41.3 Å². The number of thiophene rings is 1. The molecule has 0 N–H and O–H groups in total. The lowest BCUT2D eigenvalue weighted by atomic mass is 9.35. The van der Waals surface area contributed by atoms with E-state index in [9.17, 15) is 0 Å². The Morgan fingerprint density at radius 2 is 1.39 bits per heavy atom. The molecule has 2 aliphatic rings. The highest BCUT2D eigenvalue weighted by Gasteiger charge is 2.40. The van der Waals surface area contributed by atoms with Crippen LogP contribution in [-0.2, 0) is 0 Å². The molecule has 3 heterocycles. The molecular weight excluding hydrogens is 363 g/mol. The summed E-state index contributed by atoms with van der Waals surface area (Å²) in [7, 11) is 0. The van der Waals surface area contributed by atoms with Gasteiger partial charge in [0.25, 0.3) is 6.71 Å². The second-order valence-corrected chi connectivity index (χ2v) is 8.38. The lowest BCUT2D eigenvalue weighted by Gasteiger charge is -2.33. The Hall–Kier alpha value is -3.24. The van der Waals surface area contributed by atoms with Crippen molar-refractivity contribution in [3.63, 3.8) is 0 Å². The van der Waals surface area contributed by atoms with E-state index in [1.807, 2.05) is 29.5 Å². The fourth-order valence-electron chi connectivity index (χ4n) is 4.64. The molecule has 0 aliphatic carbocycles. The second-order valence-electron chi connectivity index (χ2n) is 7.30. The molecule has 4 aromatic carbocycles. The molecule has 1 aromatic heterocycles. The van der Waals surface area contributed by atoms with E-state index >= 15 is 0 Å². The number of ether oxygens (including phenoxy) is 2. The molecule has 7 rings (SSSR count). The molecule has 0 fully saturated rings. The van der Waals surface area contributed by atoms with Gasteiger partial charge in [-0.3, -0.25) is 0 Å². The molecule has 130 valence electrons. The van der Waals surface area contributed by atoms with E-state index in [-0.39, 0.29) is 6.71 Å². The van der Waals surface area contributed by atoms with E-state index in [1.54, 1.807) is 0 Å². The van der Waals surface area contributed by atoms with Crippen molar-refractivity contribution in [2.24, 2.45) is 0 Å². The predicted molar refractivity (Wildman–Crippen MR) is 117 cm³/mol. The molecule has 0 saturated heterocycles. The first-order valence-corrected chi connectivity index (χ1v) is 10.2. The summed E-state index contributed by atoms with van der Waals surface area (Å²) in [5.74, 6) is 3.70. The summed E-state index contributed by atoms with van der Waals surface area (Å²) in [6.07, 6.45) is 0. The van der Waals surface area contributed by atoms with Crippen molar-refractivity contribution < 1.29 is 9.47 Å². The van der Waals surface area contributed by atoms with Crippen molar-refractivity contribution >= 4 is 54.6 Å². The molecule has 0 radical (unpaired) electrons. The SMILES string of the molecule is c1ccc2c(c1)Oc1cccc3c1B2c1ccc2sc4ccccc4c2c1O3. The van der Waals surface area contributed by atoms with Gasteiger partial charge in [-0.25, -0.2) is 0 Å². The van der Waals surface area contributed by atoms with E-state index in [4.69, 9.17) is 9.47 Å². The lowest BCUT2D eigenvalue weighted by molar-refractivity contribution is 0.467. The fourth-order valence-corrected chi connectivity index (χ4v) is 5.75. The standard InChI is InChI=1S/C24H13BO2S/c1-4-11-20-14(6-1)22-21(28-20)13-12-16-24(22)27-19-10-5-9-18-23(19)25(16)15-7-2-3-8-17(15)26-18/h1-13H. The van der Waals surface area contributed by atoms with Crippen LogP contribution in [-0.4, -0.2) is 6.71 Å². The van der Waals surface area contributed by atoms with Crippen molar-refractivity contribution in [3.8, 4) is 23.0 Å². The van der Waals surface area contributed by atoms with Gasteiger partial charge in [0, 0.05) is 25.6 Å². The lowest BCUT2D eigenvalue weighted by Crippen LogP contribution is -2.57. The predicted octanol–water partition coefficient (Wildman–Crippen LogP) is 4.78. The van der Waals surface area contributed by atoms with Crippen LogP contribution < -0.4 is 25.9 Å². The topological polar surface area (TPSA) is 18.5 Å². The third-order valence-electron chi connectivity index (χ3n) is 5.81. The van der Waals surface area contributed by atoms with Crippen molar-refractivity contribution in [1.82, 2.24) is 0 Å². The third kappa shape index (κ3) is 1.78. The van der Waals surface area contributed by atoms with Gasteiger partial charge in [-0.2, -0.15) is 0 Å². The Bertz CT molecular complexity index is 1440. The van der Waals surface area contributed by atoms with E-state index in [0.29, 0.717) is 0 Å². The first kappa shape index (κ1) is 14.8. The van der Waals surface area contributed by atoms with Gasteiger partial charge in [0.05, 0.1) is 0 Å². The van der Waals surface area contributed by atoms with E-state index in [1.165, 1.54) is 31.1 Å². The Balaban J connectivity index is 1.62. The minimum Gasteiger partial charge on any atom is -0.458 e. The fraction of sp³-hybridized carbons (Fsp3) is 0. The zero-order chi connectivity index (χ0) is 18.2. The van der Waals surface area contributed by atoms with Crippen molar-refractivity contribution in [1.29, 1.82) is 0 Å². The van der Waals surface area contributed by atoms with Gasteiger partial charge in [0.1, 0.15) is 23.0 Å². The number of para-hydroxylation sites is 1. The van der Waals surface area contributed by atoms with Crippen molar-refractivity contribution in [2.45, 2.75) is 0 Å². The average Bonchev–Trinajstić information content (AvgIpc) is 3.12. The van der Waals surface area contributed by atoms with Crippen molar-refractivity contribution in [3.05, 3.63) is 78.9 Å². The number of fused-ring (bicyclic) bond motifs is 8. The van der Waals surface area contributed by atoms with Crippen LogP contribution in [0.15, 0.2) is 78.9 Å². The maximum atomic E-state index is 6.55. The molecule has 0 spiro atoms. The van der Waals surface area contributed by atoms with Crippen LogP contribution in [0.1, 0.15) is 0 Å². The summed E-state index contributed by atoms with van der Waals surface area (Å²) in [5.41, 5.74) is 3.55. The highest BCUT2D eigenvalue weighted by molar-refractivity contribution is 7.26. The second kappa shape index (κ2) is 5.18. The molecule has 0 atom stereocenters. The van der Waals surface area contributed by atoms with Crippen LogP contribution in [0.2, 0.25) is 0 Å². The normalized spacial score (nSPS) is 13.5. The highest BCUT2D eigenvalue weighted by atomic mass is 32.1. The van der Waals surface area contributed by atoms with Gasteiger partial charge in [-0.15, -0.1) is 11.3 Å². The van der Waals surface area contributed by atoms with Crippen molar-refractivity contribution in [2.75, 3.05) is 0 Å². The van der Waals surface area contributed by atoms with Gasteiger partial charge < -0.3 is 9.47 Å². The quantitative estimate of drug-likeness (QED) is 0.355. The number of hydrogen-bond donors (Lipinski definition) is 0. The minimum absolute atomic E-state index is 0.128. The first-order valence-electron chi connectivity index (χ1n) is 9.40. The van der Waals surface area contributed by atoms with Crippen LogP contribution in [0.25, 0.3) is 20.2 Å². The Morgan fingerprint density at radius 3 is 2.36 bits per heavy atom. The van der Waals surface area contributed by atoms with Gasteiger partial charge in [0.2, 0.25) is 0 Å². The van der Waals surface area contributed by atoms with Crippen LogP contribution in [0.3, 0.4) is 0 Å². The molecule has 0 saturated carbocycles. The molecule has 0 amide bonds. The summed E-state index contributed by atoms with van der Waals surface area (Å²) in [6.45, 7) is 0.128. The van der Waals surface area contributed by atoms with Gasteiger partial charge in [-0.1, -0.05) is 48.5 Å². The number of hydrogen-bond acceptors (Lipinski definition) is 3. The van der Waals surface area contributed by atoms with Crippen LogP contribution in [0.5, 0.6) is 23.0 Å². The Labute approximate surface area is 166 Å². The van der Waals surface area contributed by atoms with Crippen LogP contribution >= 0.6 is 11.3 Å². The Morgan fingerprint density at radius 1 is 0.607 bits per heavy atom. The first-order chi connectivity index (χ1) is 13.9. The van der Waals surface area contributed by atoms with E-state index in [0.717, 1.165) is 28.5 Å². The molecule has 5 aromatic rings. The van der Waals surface area contributed by atoms with E-state index < -0.39 is 0 Å². The summed E-state index contributed by atoms with van der Waals surface area (Å²) in [5, 5.41) is 2.48. The summed E-state index contributed by atoms with van der Waals surface area (Å²) in [6, 6.07) is 27.5. The molecule has 28 heavy (non-hydrogen) atoms. The maximum absolute atomic E-state index is 6.55. The molecular formula is C24H13BO2S. The zero-order valence-electron chi connectivity index (χ0n) is 14.8. The molecule has 2 nitrogen and oxygen atoms in total. The largest absolute Gasteiger partial charge is 0.458 e. The molecule has 0 bridgehead atoms. The highest BCUT2D eigenvalue weighted by Crippen LogP contribution is 2.42. The van der Waals surface area contributed by atoms with Crippen LogP contribution in [0, 0.1) is 0 Å². The summed E-state index contributed by atoms with van der Waals surface area (Å²) in [4.78, 5) is 0. The molecule has 0 unspecified atom stereocenters. The zero-order valence-corrected chi connectivity index (χ0v) is 15.6. The Kier molecular flexibility index (Phi) is 2.73. The third-order valence-corrected chi connectivity index (χ3v) is 6.95. The summed E-state index contributed by atoms with van der Waals surface area (Å²) >= 11 is 1.82. The molecule has 2 aliphatic heterocycles. The van der Waals surface area contributed by atoms with Crippen LogP contribution in [0.4, 0.5) is 0 Å². The molecule has 4 heteroatoms.